The highest BCUT2D eigenvalue weighted by atomic mass is 32.1. The number of amides is 1. The SMILES string of the molecule is CC(=O)Nc1ccc(/C=N/NC(N)=S)c(C)c1. The molecule has 5 nitrogen and oxygen atoms in total. The normalized spacial score (nSPS) is 10.2. The summed E-state index contributed by atoms with van der Waals surface area (Å²) in [6.45, 7) is 3.39. The van der Waals surface area contributed by atoms with Crippen molar-refractivity contribution in [3.05, 3.63) is 29.3 Å². The number of hydrogen-bond donors (Lipinski definition) is 3. The number of nitrogens with two attached hydrogens (primary N) is 1. The smallest absolute Gasteiger partial charge is 0.221 e. The molecule has 1 rings (SSSR count). The molecular formula is C11H14N4OS. The summed E-state index contributed by atoms with van der Waals surface area (Å²) in [6, 6.07) is 5.52. The van der Waals surface area contributed by atoms with Gasteiger partial charge in [-0.3, -0.25) is 10.2 Å². The fraction of sp³-hybridized carbons (Fsp3) is 0.182. The monoisotopic (exact) mass is 250 g/mol. The molecule has 1 aromatic carbocycles. The van der Waals surface area contributed by atoms with Crippen LogP contribution < -0.4 is 16.5 Å². The fourth-order valence-electron chi connectivity index (χ4n) is 1.27. The van der Waals surface area contributed by atoms with Gasteiger partial charge in [0, 0.05) is 12.6 Å². The molecule has 1 aromatic rings. The van der Waals surface area contributed by atoms with Gasteiger partial charge in [0.05, 0.1) is 6.21 Å². The second kappa shape index (κ2) is 5.95. The van der Waals surface area contributed by atoms with Crippen LogP contribution in [0.3, 0.4) is 0 Å². The van der Waals surface area contributed by atoms with E-state index in [1.807, 2.05) is 19.1 Å². The van der Waals surface area contributed by atoms with Crippen LogP contribution in [0.25, 0.3) is 0 Å². The highest BCUT2D eigenvalue weighted by molar-refractivity contribution is 7.80. The van der Waals surface area contributed by atoms with Crippen molar-refractivity contribution in [1.82, 2.24) is 5.43 Å². The van der Waals surface area contributed by atoms with E-state index in [9.17, 15) is 4.79 Å². The Hall–Kier alpha value is -1.95. The molecule has 0 aromatic heterocycles. The lowest BCUT2D eigenvalue weighted by molar-refractivity contribution is -0.114. The minimum Gasteiger partial charge on any atom is -0.375 e. The van der Waals surface area contributed by atoms with Crippen LogP contribution in [0.15, 0.2) is 23.3 Å². The molecule has 4 N–H and O–H groups in total. The quantitative estimate of drug-likeness (QED) is 0.427. The van der Waals surface area contributed by atoms with Gasteiger partial charge in [-0.25, -0.2) is 0 Å². The number of aryl methyl sites for hydroxylation is 1. The van der Waals surface area contributed by atoms with Crippen molar-refractivity contribution in [3.8, 4) is 0 Å². The van der Waals surface area contributed by atoms with E-state index >= 15 is 0 Å². The van der Waals surface area contributed by atoms with E-state index in [0.717, 1.165) is 16.8 Å². The Bertz CT molecular complexity index is 471. The second-order valence-corrected chi connectivity index (χ2v) is 3.93. The lowest BCUT2D eigenvalue weighted by Crippen LogP contribution is -2.24. The molecule has 1 amide bonds. The third kappa shape index (κ3) is 4.60. The third-order valence-corrected chi connectivity index (χ3v) is 2.06. The maximum absolute atomic E-state index is 10.9. The predicted molar refractivity (Wildman–Crippen MR) is 73.0 cm³/mol. The minimum absolute atomic E-state index is 0.0963. The Morgan fingerprint density at radius 3 is 2.76 bits per heavy atom. The average molecular weight is 250 g/mol. The lowest BCUT2D eigenvalue weighted by atomic mass is 10.1. The molecule has 0 atom stereocenters. The van der Waals surface area contributed by atoms with Crippen molar-refractivity contribution in [2.45, 2.75) is 13.8 Å². The summed E-state index contributed by atoms with van der Waals surface area (Å²) in [6.07, 6.45) is 1.62. The van der Waals surface area contributed by atoms with Gasteiger partial charge in [-0.15, -0.1) is 0 Å². The average Bonchev–Trinajstić information content (AvgIpc) is 2.20. The summed E-state index contributed by atoms with van der Waals surface area (Å²) >= 11 is 4.62. The van der Waals surface area contributed by atoms with Crippen LogP contribution in [0.4, 0.5) is 5.69 Å². The Kier molecular flexibility index (Phi) is 4.59. The molecule has 0 heterocycles. The maximum Gasteiger partial charge on any atom is 0.221 e. The number of anilines is 1. The van der Waals surface area contributed by atoms with Crippen molar-refractivity contribution in [3.63, 3.8) is 0 Å². The molecule has 0 bridgehead atoms. The van der Waals surface area contributed by atoms with E-state index in [0.29, 0.717) is 0 Å². The number of carbonyl (C=O) groups is 1. The number of nitrogens with zero attached hydrogens (tertiary/aromatic N) is 1. The van der Waals surface area contributed by atoms with E-state index < -0.39 is 0 Å². The first kappa shape index (κ1) is 13.1. The molecule has 0 saturated heterocycles. The van der Waals surface area contributed by atoms with Gasteiger partial charge in [0.15, 0.2) is 5.11 Å². The topological polar surface area (TPSA) is 79.5 Å². The first-order valence-electron chi connectivity index (χ1n) is 4.96. The molecular weight excluding hydrogens is 236 g/mol. The number of nitrogens with one attached hydrogen (secondary N) is 2. The lowest BCUT2D eigenvalue weighted by Gasteiger charge is -2.05. The van der Waals surface area contributed by atoms with Crippen molar-refractivity contribution < 1.29 is 4.79 Å². The number of carbonyl (C=O) groups excluding carboxylic acids is 1. The Morgan fingerprint density at radius 2 is 2.24 bits per heavy atom. The summed E-state index contributed by atoms with van der Waals surface area (Å²) in [4.78, 5) is 10.9. The molecule has 0 fully saturated rings. The van der Waals surface area contributed by atoms with Crippen LogP contribution in [-0.2, 0) is 4.79 Å². The van der Waals surface area contributed by atoms with Crippen molar-refractivity contribution in [2.24, 2.45) is 10.8 Å². The molecule has 17 heavy (non-hydrogen) atoms. The molecule has 0 aliphatic carbocycles. The number of rotatable bonds is 3. The summed E-state index contributed by atoms with van der Waals surface area (Å²) in [5.74, 6) is -0.0963. The fourth-order valence-corrected chi connectivity index (χ4v) is 1.32. The van der Waals surface area contributed by atoms with Gasteiger partial charge in [0.1, 0.15) is 0 Å². The first-order valence-corrected chi connectivity index (χ1v) is 5.36. The van der Waals surface area contributed by atoms with Crippen LogP contribution >= 0.6 is 12.2 Å². The molecule has 0 radical (unpaired) electrons. The van der Waals surface area contributed by atoms with Crippen molar-refractivity contribution >= 4 is 35.1 Å². The van der Waals surface area contributed by atoms with Gasteiger partial charge >= 0.3 is 0 Å². The van der Waals surface area contributed by atoms with Crippen molar-refractivity contribution in [1.29, 1.82) is 0 Å². The zero-order valence-corrected chi connectivity index (χ0v) is 10.5. The maximum atomic E-state index is 10.9. The summed E-state index contributed by atoms with van der Waals surface area (Å²) in [7, 11) is 0. The van der Waals surface area contributed by atoms with Crippen LogP contribution in [-0.4, -0.2) is 17.2 Å². The highest BCUT2D eigenvalue weighted by Crippen LogP contribution is 2.13. The number of benzene rings is 1. The summed E-state index contributed by atoms with van der Waals surface area (Å²) in [5.41, 5.74) is 10.4. The van der Waals surface area contributed by atoms with Gasteiger partial charge < -0.3 is 11.1 Å². The van der Waals surface area contributed by atoms with E-state index in [-0.39, 0.29) is 11.0 Å². The van der Waals surface area contributed by atoms with Gasteiger partial charge in [-0.05, 0) is 42.4 Å². The molecule has 90 valence electrons. The zero-order chi connectivity index (χ0) is 12.8. The van der Waals surface area contributed by atoms with Gasteiger partial charge in [-0.1, -0.05) is 6.07 Å². The predicted octanol–water partition coefficient (Wildman–Crippen LogP) is 1.12. The zero-order valence-electron chi connectivity index (χ0n) is 9.65. The van der Waals surface area contributed by atoms with Crippen LogP contribution in [0, 0.1) is 6.92 Å². The summed E-state index contributed by atoms with van der Waals surface area (Å²) in [5, 5.41) is 6.69. The number of thiocarbonyl (C=S) groups is 1. The molecule has 0 unspecified atom stereocenters. The highest BCUT2D eigenvalue weighted by Gasteiger charge is 1.99. The van der Waals surface area contributed by atoms with E-state index in [2.05, 4.69) is 28.1 Å². The second-order valence-electron chi connectivity index (χ2n) is 3.49. The van der Waals surface area contributed by atoms with E-state index in [1.54, 1.807) is 12.3 Å². The van der Waals surface area contributed by atoms with E-state index in [1.165, 1.54) is 6.92 Å². The van der Waals surface area contributed by atoms with Crippen molar-refractivity contribution in [2.75, 3.05) is 5.32 Å². The number of hydrogen-bond acceptors (Lipinski definition) is 3. The molecule has 0 spiro atoms. The van der Waals surface area contributed by atoms with E-state index in [4.69, 9.17) is 5.73 Å². The molecule has 0 aliphatic rings. The minimum atomic E-state index is -0.0963. The molecule has 0 saturated carbocycles. The first-order chi connectivity index (χ1) is 7.99. The Labute approximate surface area is 105 Å². The van der Waals surface area contributed by atoms with Gasteiger partial charge in [0.25, 0.3) is 0 Å². The van der Waals surface area contributed by atoms with Crippen LogP contribution in [0.5, 0.6) is 0 Å². The standard InChI is InChI=1S/C11H14N4OS/c1-7-5-10(14-8(2)16)4-3-9(7)6-13-15-11(12)17/h3-6H,1-2H3,(H,14,16)(H3,12,15,17)/b13-6+. The Morgan fingerprint density at radius 1 is 1.53 bits per heavy atom. The third-order valence-electron chi connectivity index (χ3n) is 1.97. The van der Waals surface area contributed by atoms with Gasteiger partial charge in [-0.2, -0.15) is 5.10 Å². The largest absolute Gasteiger partial charge is 0.375 e. The van der Waals surface area contributed by atoms with Crippen LogP contribution in [0.1, 0.15) is 18.1 Å². The van der Waals surface area contributed by atoms with Gasteiger partial charge in [0.2, 0.25) is 5.91 Å². The molecule has 6 heteroatoms. The number of hydrazone groups is 1. The molecule has 0 aliphatic heterocycles. The Balaban J connectivity index is 2.79. The van der Waals surface area contributed by atoms with Crippen LogP contribution in [0.2, 0.25) is 0 Å². The summed E-state index contributed by atoms with van der Waals surface area (Å²) < 4.78 is 0.